The van der Waals surface area contributed by atoms with Gasteiger partial charge in [0.25, 0.3) is 0 Å². The molecule has 1 rings (SSSR count). The van der Waals surface area contributed by atoms with E-state index in [4.69, 9.17) is 4.74 Å². The second-order valence-corrected chi connectivity index (χ2v) is 5.99. The Bertz CT molecular complexity index is 451. The average Bonchev–Trinajstić information content (AvgIpc) is 2.36. The number of rotatable bonds is 6. The summed E-state index contributed by atoms with van der Waals surface area (Å²) in [7, 11) is 5.17. The highest BCUT2D eigenvalue weighted by Gasteiger charge is 2.07. The lowest BCUT2D eigenvalue weighted by molar-refractivity contribution is -0.128. The van der Waals surface area contributed by atoms with Gasteiger partial charge in [-0.2, -0.15) is 0 Å². The van der Waals surface area contributed by atoms with E-state index < -0.39 is 0 Å². The maximum Gasteiger partial charge on any atom is 0.222 e. The molecule has 1 aromatic rings. The number of methoxy groups -OCH3 is 1. The standard InChI is InChI=1S/C13H18Br2N2O2/c1-17(2)13(18)5-4-6-16-11-8-12(19-3)10(15)7-9(11)14/h7-8,16H,4-6H2,1-3H3. The Morgan fingerprint density at radius 1 is 1.32 bits per heavy atom. The van der Waals surface area contributed by atoms with Gasteiger partial charge in [-0.15, -0.1) is 0 Å². The highest BCUT2D eigenvalue weighted by atomic mass is 79.9. The van der Waals surface area contributed by atoms with Crippen molar-refractivity contribution in [2.75, 3.05) is 33.1 Å². The summed E-state index contributed by atoms with van der Waals surface area (Å²) < 4.78 is 7.10. The van der Waals surface area contributed by atoms with Crippen LogP contribution >= 0.6 is 31.9 Å². The van der Waals surface area contributed by atoms with Crippen molar-refractivity contribution in [3.05, 3.63) is 21.1 Å². The molecule has 0 aliphatic heterocycles. The molecular weight excluding hydrogens is 376 g/mol. The Morgan fingerprint density at radius 3 is 2.58 bits per heavy atom. The number of amides is 1. The van der Waals surface area contributed by atoms with Gasteiger partial charge in [-0.25, -0.2) is 0 Å². The summed E-state index contributed by atoms with van der Waals surface area (Å²) >= 11 is 6.92. The second kappa shape index (κ2) is 7.75. The Kier molecular flexibility index (Phi) is 6.65. The molecule has 1 aromatic carbocycles. The maximum absolute atomic E-state index is 11.4. The number of anilines is 1. The quantitative estimate of drug-likeness (QED) is 0.752. The topological polar surface area (TPSA) is 41.6 Å². The minimum absolute atomic E-state index is 0.147. The summed E-state index contributed by atoms with van der Waals surface area (Å²) in [5.74, 6) is 0.921. The first kappa shape index (κ1) is 16.3. The summed E-state index contributed by atoms with van der Waals surface area (Å²) in [6, 6.07) is 3.86. The monoisotopic (exact) mass is 392 g/mol. The van der Waals surface area contributed by atoms with Crippen LogP contribution < -0.4 is 10.1 Å². The van der Waals surface area contributed by atoms with Crippen molar-refractivity contribution in [3.8, 4) is 5.75 Å². The average molecular weight is 394 g/mol. The van der Waals surface area contributed by atoms with Crippen LogP contribution in [-0.4, -0.2) is 38.6 Å². The van der Waals surface area contributed by atoms with Crippen LogP contribution in [0.1, 0.15) is 12.8 Å². The van der Waals surface area contributed by atoms with Crippen LogP contribution in [0.3, 0.4) is 0 Å². The molecular formula is C13H18Br2N2O2. The van der Waals surface area contributed by atoms with Gasteiger partial charge in [0.1, 0.15) is 5.75 Å². The first-order valence-corrected chi connectivity index (χ1v) is 7.51. The second-order valence-electron chi connectivity index (χ2n) is 4.29. The molecule has 0 saturated carbocycles. The van der Waals surface area contributed by atoms with Gasteiger partial charge in [-0.05, 0) is 44.3 Å². The summed E-state index contributed by atoms with van der Waals surface area (Å²) in [4.78, 5) is 13.0. The van der Waals surface area contributed by atoms with E-state index in [9.17, 15) is 4.79 Å². The van der Waals surface area contributed by atoms with Gasteiger partial charge < -0.3 is 15.0 Å². The first-order chi connectivity index (χ1) is 8.95. The molecule has 0 saturated heterocycles. The summed E-state index contributed by atoms with van der Waals surface area (Å²) in [5, 5.41) is 3.29. The van der Waals surface area contributed by atoms with Crippen molar-refractivity contribution >= 4 is 43.5 Å². The van der Waals surface area contributed by atoms with Crippen molar-refractivity contribution < 1.29 is 9.53 Å². The number of hydrogen-bond acceptors (Lipinski definition) is 3. The van der Waals surface area contributed by atoms with Crippen LogP contribution in [0, 0.1) is 0 Å². The number of ether oxygens (including phenoxy) is 1. The van der Waals surface area contributed by atoms with E-state index >= 15 is 0 Å². The van der Waals surface area contributed by atoms with Crippen molar-refractivity contribution in [1.82, 2.24) is 4.90 Å². The smallest absolute Gasteiger partial charge is 0.222 e. The normalized spacial score (nSPS) is 10.2. The molecule has 0 spiro atoms. The third-order valence-corrected chi connectivity index (χ3v) is 3.90. The van der Waals surface area contributed by atoms with Crippen molar-refractivity contribution in [1.29, 1.82) is 0 Å². The fourth-order valence-corrected chi connectivity index (χ4v) is 2.80. The zero-order chi connectivity index (χ0) is 14.4. The molecule has 6 heteroatoms. The molecule has 0 aromatic heterocycles. The Balaban J connectivity index is 2.52. The molecule has 0 aliphatic rings. The number of halogens is 2. The molecule has 0 bridgehead atoms. The van der Waals surface area contributed by atoms with Gasteiger partial charge in [-0.3, -0.25) is 4.79 Å². The first-order valence-electron chi connectivity index (χ1n) is 5.92. The van der Waals surface area contributed by atoms with Crippen LogP contribution in [-0.2, 0) is 4.79 Å². The molecule has 0 atom stereocenters. The third kappa shape index (κ3) is 5.03. The number of carbonyl (C=O) groups is 1. The van der Waals surface area contributed by atoms with Crippen LogP contribution in [0.5, 0.6) is 5.75 Å². The fourth-order valence-electron chi connectivity index (χ4n) is 1.51. The molecule has 1 amide bonds. The fraction of sp³-hybridized carbons (Fsp3) is 0.462. The zero-order valence-electron chi connectivity index (χ0n) is 11.3. The van der Waals surface area contributed by atoms with Gasteiger partial charge in [-0.1, -0.05) is 0 Å². The summed E-state index contributed by atoms with van der Waals surface area (Å²) in [5.41, 5.74) is 0.956. The SMILES string of the molecule is COc1cc(NCCCC(=O)N(C)C)c(Br)cc1Br. The number of carbonyl (C=O) groups excluding carboxylic acids is 1. The van der Waals surface area contributed by atoms with E-state index in [2.05, 4.69) is 37.2 Å². The van der Waals surface area contributed by atoms with Crippen molar-refractivity contribution in [3.63, 3.8) is 0 Å². The van der Waals surface area contributed by atoms with Gasteiger partial charge in [0.05, 0.1) is 17.3 Å². The van der Waals surface area contributed by atoms with E-state index in [1.165, 1.54) is 0 Å². The molecule has 0 aliphatic carbocycles. The lowest BCUT2D eigenvalue weighted by atomic mass is 10.2. The van der Waals surface area contributed by atoms with Gasteiger partial charge >= 0.3 is 0 Å². The molecule has 4 nitrogen and oxygen atoms in total. The molecule has 1 N–H and O–H groups in total. The van der Waals surface area contributed by atoms with E-state index in [-0.39, 0.29) is 5.91 Å². The van der Waals surface area contributed by atoms with Crippen LogP contribution in [0.15, 0.2) is 21.1 Å². The van der Waals surface area contributed by atoms with E-state index in [1.54, 1.807) is 26.1 Å². The molecule has 19 heavy (non-hydrogen) atoms. The minimum atomic E-state index is 0.147. The van der Waals surface area contributed by atoms with E-state index in [1.807, 2.05) is 12.1 Å². The largest absolute Gasteiger partial charge is 0.495 e. The molecule has 0 heterocycles. The van der Waals surface area contributed by atoms with Crippen LogP contribution in [0.25, 0.3) is 0 Å². The molecule has 0 radical (unpaired) electrons. The van der Waals surface area contributed by atoms with Crippen LogP contribution in [0.2, 0.25) is 0 Å². The molecule has 0 fully saturated rings. The maximum atomic E-state index is 11.4. The zero-order valence-corrected chi connectivity index (χ0v) is 14.5. The Labute approximate surface area is 130 Å². The number of nitrogens with zero attached hydrogens (tertiary/aromatic N) is 1. The predicted octanol–water partition coefficient (Wildman–Crippen LogP) is 3.50. The Morgan fingerprint density at radius 2 is 2.00 bits per heavy atom. The summed E-state index contributed by atoms with van der Waals surface area (Å²) in [6.45, 7) is 0.739. The van der Waals surface area contributed by atoms with Crippen molar-refractivity contribution in [2.24, 2.45) is 0 Å². The highest BCUT2D eigenvalue weighted by Crippen LogP contribution is 2.34. The Hall–Kier alpha value is -0.750. The van der Waals surface area contributed by atoms with Gasteiger partial charge in [0.2, 0.25) is 5.91 Å². The van der Waals surface area contributed by atoms with E-state index in [0.717, 1.165) is 33.3 Å². The lowest BCUT2D eigenvalue weighted by Crippen LogP contribution is -2.22. The van der Waals surface area contributed by atoms with E-state index in [0.29, 0.717) is 6.42 Å². The number of hydrogen-bond donors (Lipinski definition) is 1. The predicted molar refractivity (Wildman–Crippen MR) is 84.8 cm³/mol. The molecule has 0 unspecified atom stereocenters. The van der Waals surface area contributed by atoms with Crippen LogP contribution in [0.4, 0.5) is 5.69 Å². The number of benzene rings is 1. The third-order valence-electron chi connectivity index (χ3n) is 2.62. The minimum Gasteiger partial charge on any atom is -0.495 e. The highest BCUT2D eigenvalue weighted by molar-refractivity contribution is 9.11. The van der Waals surface area contributed by atoms with Crippen molar-refractivity contribution in [2.45, 2.75) is 12.8 Å². The van der Waals surface area contributed by atoms with Gasteiger partial charge in [0.15, 0.2) is 0 Å². The summed E-state index contributed by atoms with van der Waals surface area (Å²) in [6.07, 6.45) is 1.34. The lowest BCUT2D eigenvalue weighted by Gasteiger charge is -2.13. The van der Waals surface area contributed by atoms with Gasteiger partial charge in [0, 0.05) is 37.6 Å². The number of nitrogens with one attached hydrogen (secondary N) is 1. The molecule has 106 valence electrons.